The van der Waals surface area contributed by atoms with Crippen LogP contribution in [0.4, 0.5) is 10.5 Å². The number of likely N-dealkylation sites (tertiary alicyclic amines) is 1. The van der Waals surface area contributed by atoms with Crippen molar-refractivity contribution in [1.82, 2.24) is 15.1 Å². The van der Waals surface area contributed by atoms with Gasteiger partial charge in [0.2, 0.25) is 17.7 Å². The fourth-order valence-electron chi connectivity index (χ4n) is 5.62. The molecule has 4 rings (SSSR count). The third-order valence-corrected chi connectivity index (χ3v) is 7.86. The van der Waals surface area contributed by atoms with Gasteiger partial charge in [-0.15, -0.1) is 0 Å². The van der Waals surface area contributed by atoms with Gasteiger partial charge in [-0.3, -0.25) is 24.5 Å². The van der Waals surface area contributed by atoms with Crippen molar-refractivity contribution in [2.24, 2.45) is 11.1 Å². The first-order chi connectivity index (χ1) is 22.4. The maximum absolute atomic E-state index is 13.1. The van der Waals surface area contributed by atoms with Crippen molar-refractivity contribution in [2.45, 2.75) is 58.2 Å². The highest BCUT2D eigenvalue weighted by atomic mass is 16.6. The first-order valence-corrected chi connectivity index (χ1v) is 16.0. The van der Waals surface area contributed by atoms with Gasteiger partial charge < -0.3 is 44.5 Å². The van der Waals surface area contributed by atoms with E-state index in [2.05, 4.69) is 10.6 Å². The van der Waals surface area contributed by atoms with Gasteiger partial charge in [0.05, 0.1) is 64.7 Å². The van der Waals surface area contributed by atoms with Gasteiger partial charge in [0.1, 0.15) is 11.6 Å². The third-order valence-electron chi connectivity index (χ3n) is 7.86. The summed E-state index contributed by atoms with van der Waals surface area (Å²) < 4.78 is 28.1. The molecule has 1 unspecified atom stereocenters. The Kier molecular flexibility index (Phi) is 12.7. The number of carbonyl (C=O) groups is 5. The Morgan fingerprint density at radius 1 is 0.979 bits per heavy atom. The van der Waals surface area contributed by atoms with E-state index in [9.17, 15) is 24.0 Å². The first-order valence-electron chi connectivity index (χ1n) is 16.0. The summed E-state index contributed by atoms with van der Waals surface area (Å²) in [7, 11) is 0. The SMILES string of the molecule is CC(C)(C)OC(=O)N1CC(COCCOCCOCCN)(COCCC(=O)Nc2cccc3c2CN(C2CCC(=O)NC2=O)C3=O)C1. The topological polar surface area (TPSA) is 188 Å². The zero-order valence-electron chi connectivity index (χ0n) is 27.5. The predicted octanol–water partition coefficient (Wildman–Crippen LogP) is 1.04. The summed E-state index contributed by atoms with van der Waals surface area (Å²) in [4.78, 5) is 65.5. The van der Waals surface area contributed by atoms with Crippen molar-refractivity contribution in [3.05, 3.63) is 29.3 Å². The van der Waals surface area contributed by atoms with Gasteiger partial charge in [-0.05, 0) is 39.3 Å². The first kappa shape index (κ1) is 36.2. The number of anilines is 1. The van der Waals surface area contributed by atoms with Crippen LogP contribution in [0.3, 0.4) is 0 Å². The number of benzene rings is 1. The van der Waals surface area contributed by atoms with E-state index in [1.54, 1.807) is 23.1 Å². The van der Waals surface area contributed by atoms with Gasteiger partial charge in [-0.1, -0.05) is 6.07 Å². The molecule has 4 N–H and O–H groups in total. The number of hydrogen-bond donors (Lipinski definition) is 3. The summed E-state index contributed by atoms with van der Waals surface area (Å²) in [6.45, 7) is 9.67. The molecule has 1 atom stereocenters. The van der Waals surface area contributed by atoms with Crippen molar-refractivity contribution < 1.29 is 47.7 Å². The molecule has 260 valence electrons. The van der Waals surface area contributed by atoms with E-state index < -0.39 is 29.1 Å². The van der Waals surface area contributed by atoms with Gasteiger partial charge >= 0.3 is 6.09 Å². The number of nitrogens with two attached hydrogens (primary N) is 1. The lowest BCUT2D eigenvalue weighted by molar-refractivity contribution is -0.137. The molecule has 15 heteroatoms. The van der Waals surface area contributed by atoms with Crippen LogP contribution in [-0.2, 0) is 44.6 Å². The van der Waals surface area contributed by atoms with Crippen LogP contribution in [0.1, 0.15) is 56.0 Å². The normalized spacial score (nSPS) is 18.9. The van der Waals surface area contributed by atoms with Gasteiger partial charge in [0.15, 0.2) is 0 Å². The Labute approximate surface area is 274 Å². The fraction of sp³-hybridized carbons (Fsp3) is 0.656. The quantitative estimate of drug-likeness (QED) is 0.160. The average molecular weight is 662 g/mol. The predicted molar refractivity (Wildman–Crippen MR) is 168 cm³/mol. The minimum atomic E-state index is -0.743. The molecule has 5 amide bonds. The molecule has 0 spiro atoms. The maximum Gasteiger partial charge on any atom is 0.410 e. The van der Waals surface area contributed by atoms with Crippen LogP contribution in [0.2, 0.25) is 0 Å². The number of fused-ring (bicyclic) bond motifs is 1. The van der Waals surface area contributed by atoms with E-state index in [0.29, 0.717) is 76.1 Å². The standard InChI is InChI=1S/C32H47N5O10/c1-31(2,3)47-30(42)36-18-32(19-36,21-46-16-15-44-14-13-43-12-10-33)20-45-11-9-27(39)34-24-6-4-5-22-23(24)17-37(29(22)41)25-7-8-26(38)35-28(25)40/h4-6,25H,7-21,33H2,1-3H3,(H,34,39)(H,35,38,40). The molecule has 3 aliphatic rings. The van der Waals surface area contributed by atoms with Crippen molar-refractivity contribution in [3.8, 4) is 0 Å². The Balaban J connectivity index is 1.24. The summed E-state index contributed by atoms with van der Waals surface area (Å²) >= 11 is 0. The highest BCUT2D eigenvalue weighted by Crippen LogP contribution is 2.34. The molecule has 3 heterocycles. The molecule has 0 saturated carbocycles. The monoisotopic (exact) mass is 661 g/mol. The second kappa shape index (κ2) is 16.5. The summed E-state index contributed by atoms with van der Waals surface area (Å²) in [5.74, 6) is -1.46. The lowest BCUT2D eigenvalue weighted by Gasteiger charge is -2.49. The van der Waals surface area contributed by atoms with Crippen molar-refractivity contribution in [1.29, 1.82) is 0 Å². The van der Waals surface area contributed by atoms with Crippen LogP contribution in [0.15, 0.2) is 18.2 Å². The van der Waals surface area contributed by atoms with Crippen LogP contribution in [0.5, 0.6) is 0 Å². The van der Waals surface area contributed by atoms with E-state index >= 15 is 0 Å². The van der Waals surface area contributed by atoms with E-state index in [1.807, 2.05) is 20.8 Å². The zero-order valence-corrected chi connectivity index (χ0v) is 27.5. The minimum absolute atomic E-state index is 0.0568. The number of carbonyl (C=O) groups excluding carboxylic acids is 5. The van der Waals surface area contributed by atoms with Crippen molar-refractivity contribution in [2.75, 3.05) is 77.8 Å². The summed E-state index contributed by atoms with van der Waals surface area (Å²) in [6.07, 6.45) is 0.0663. The van der Waals surface area contributed by atoms with Crippen molar-refractivity contribution >= 4 is 35.4 Å². The molecule has 2 fully saturated rings. The molecule has 1 aromatic carbocycles. The lowest BCUT2D eigenvalue weighted by atomic mass is 9.81. The molecule has 2 saturated heterocycles. The van der Waals surface area contributed by atoms with Crippen LogP contribution in [0, 0.1) is 5.41 Å². The highest BCUT2D eigenvalue weighted by Gasteiger charge is 2.47. The molecule has 0 aromatic heterocycles. The number of imide groups is 1. The minimum Gasteiger partial charge on any atom is -0.444 e. The molecule has 0 radical (unpaired) electrons. The Morgan fingerprint density at radius 3 is 2.30 bits per heavy atom. The van der Waals surface area contributed by atoms with E-state index in [1.165, 1.54) is 4.90 Å². The van der Waals surface area contributed by atoms with E-state index in [0.717, 1.165) is 0 Å². The number of rotatable bonds is 17. The van der Waals surface area contributed by atoms with Crippen LogP contribution in [0.25, 0.3) is 0 Å². The Morgan fingerprint density at radius 2 is 1.64 bits per heavy atom. The molecule has 3 aliphatic heterocycles. The lowest BCUT2D eigenvalue weighted by Crippen LogP contribution is -2.63. The van der Waals surface area contributed by atoms with Crippen molar-refractivity contribution in [3.63, 3.8) is 0 Å². The zero-order chi connectivity index (χ0) is 34.0. The van der Waals surface area contributed by atoms with E-state index in [4.69, 9.17) is 29.4 Å². The number of piperidine rings is 1. The Bertz CT molecular complexity index is 1290. The molecule has 0 bridgehead atoms. The molecule has 1 aromatic rings. The fourth-order valence-corrected chi connectivity index (χ4v) is 5.62. The largest absolute Gasteiger partial charge is 0.444 e. The molecular formula is C32H47N5O10. The third kappa shape index (κ3) is 10.2. The second-order valence-corrected chi connectivity index (χ2v) is 13.0. The summed E-state index contributed by atoms with van der Waals surface area (Å²) in [5.41, 5.74) is 5.84. The number of nitrogens with zero attached hydrogens (tertiary/aromatic N) is 2. The van der Waals surface area contributed by atoms with Crippen LogP contribution in [-0.4, -0.2) is 124 Å². The van der Waals surface area contributed by atoms with Gasteiger partial charge in [-0.25, -0.2) is 4.79 Å². The summed E-state index contributed by atoms with van der Waals surface area (Å²) in [6, 6.07) is 4.30. The van der Waals surface area contributed by atoms with E-state index in [-0.39, 0.29) is 56.7 Å². The summed E-state index contributed by atoms with van der Waals surface area (Å²) in [5, 5.41) is 5.16. The van der Waals surface area contributed by atoms with Crippen LogP contribution >= 0.6 is 0 Å². The molecule has 0 aliphatic carbocycles. The van der Waals surface area contributed by atoms with Crippen LogP contribution < -0.4 is 16.4 Å². The van der Waals surface area contributed by atoms with Gasteiger partial charge in [0, 0.05) is 49.4 Å². The number of hydrogen-bond acceptors (Lipinski definition) is 11. The molecule has 15 nitrogen and oxygen atoms in total. The van der Waals surface area contributed by atoms with Gasteiger partial charge in [-0.2, -0.15) is 0 Å². The Hall–Kier alpha value is -3.63. The second-order valence-electron chi connectivity index (χ2n) is 13.0. The average Bonchev–Trinajstić information content (AvgIpc) is 3.32. The highest BCUT2D eigenvalue weighted by molar-refractivity contribution is 6.06. The smallest absolute Gasteiger partial charge is 0.410 e. The molecular weight excluding hydrogens is 614 g/mol. The number of amides is 5. The maximum atomic E-state index is 13.1. The molecule has 47 heavy (non-hydrogen) atoms. The van der Waals surface area contributed by atoms with Gasteiger partial charge in [0.25, 0.3) is 5.91 Å². The number of nitrogens with one attached hydrogen (secondary N) is 2. The number of ether oxygens (including phenoxy) is 5.